The second kappa shape index (κ2) is 7.60. The lowest BCUT2D eigenvalue weighted by molar-refractivity contribution is -0.155. The van der Waals surface area contributed by atoms with Gasteiger partial charge in [-0.2, -0.15) is 0 Å². The molecule has 27 heavy (non-hydrogen) atoms. The van der Waals surface area contributed by atoms with E-state index in [2.05, 4.69) is 10.3 Å². The summed E-state index contributed by atoms with van der Waals surface area (Å²) in [5.74, 6) is -0.256. The molecule has 1 aliphatic rings. The Hall–Kier alpha value is -2.54. The summed E-state index contributed by atoms with van der Waals surface area (Å²) in [5, 5.41) is 3.86. The fourth-order valence-corrected chi connectivity index (χ4v) is 2.90. The molecule has 0 saturated carbocycles. The van der Waals surface area contributed by atoms with Gasteiger partial charge in [-0.05, 0) is 44.9 Å². The molecule has 144 valence electrons. The van der Waals surface area contributed by atoms with Crippen molar-refractivity contribution >= 4 is 23.3 Å². The van der Waals surface area contributed by atoms with E-state index in [-0.39, 0.29) is 29.7 Å². The van der Waals surface area contributed by atoms with Crippen molar-refractivity contribution in [2.75, 3.05) is 11.9 Å². The summed E-state index contributed by atoms with van der Waals surface area (Å²) < 4.78 is 12.1. The standard InChI is InChI=1S/C19H22ClN3O4/c1-19(2,3)27-15(24)9-23-11-21-17-16(18(23)25)22-14(10-26-17)8-12-4-6-13(20)7-5-12/h4-7,11,14,22H,8-10H2,1-3H3/t14-/m1/s1. The van der Waals surface area contributed by atoms with Crippen LogP contribution in [0.3, 0.4) is 0 Å². The summed E-state index contributed by atoms with van der Waals surface area (Å²) in [6.07, 6.45) is 1.96. The molecule has 8 heteroatoms. The van der Waals surface area contributed by atoms with Crippen LogP contribution in [-0.4, -0.2) is 33.8 Å². The Kier molecular flexibility index (Phi) is 5.41. The van der Waals surface area contributed by atoms with Crippen molar-refractivity contribution in [2.45, 2.75) is 45.4 Å². The monoisotopic (exact) mass is 391 g/mol. The number of nitrogens with zero attached hydrogens (tertiary/aromatic N) is 2. The van der Waals surface area contributed by atoms with E-state index in [1.54, 1.807) is 20.8 Å². The molecule has 0 spiro atoms. The quantitative estimate of drug-likeness (QED) is 0.807. The average molecular weight is 392 g/mol. The van der Waals surface area contributed by atoms with Gasteiger partial charge in [0, 0.05) is 5.02 Å². The Labute approximate surface area is 162 Å². The number of benzene rings is 1. The van der Waals surface area contributed by atoms with Crippen molar-refractivity contribution in [3.05, 3.63) is 51.5 Å². The van der Waals surface area contributed by atoms with E-state index in [1.165, 1.54) is 10.9 Å². The van der Waals surface area contributed by atoms with E-state index in [1.807, 2.05) is 24.3 Å². The largest absolute Gasteiger partial charge is 0.474 e. The van der Waals surface area contributed by atoms with Gasteiger partial charge >= 0.3 is 5.97 Å². The lowest BCUT2D eigenvalue weighted by atomic mass is 10.1. The molecule has 2 heterocycles. The Morgan fingerprint density at radius 2 is 2.07 bits per heavy atom. The number of esters is 1. The van der Waals surface area contributed by atoms with Crippen molar-refractivity contribution in [2.24, 2.45) is 0 Å². The Balaban J connectivity index is 1.74. The molecule has 0 aliphatic carbocycles. The molecule has 0 bridgehead atoms. The van der Waals surface area contributed by atoms with Gasteiger partial charge in [0.15, 0.2) is 5.69 Å². The van der Waals surface area contributed by atoms with Crippen LogP contribution in [0.1, 0.15) is 26.3 Å². The molecular weight excluding hydrogens is 370 g/mol. The summed E-state index contributed by atoms with van der Waals surface area (Å²) in [6.45, 7) is 5.50. The van der Waals surface area contributed by atoms with E-state index in [0.717, 1.165) is 5.56 Å². The minimum absolute atomic E-state index is 0.0921. The number of anilines is 1. The van der Waals surface area contributed by atoms with Crippen molar-refractivity contribution < 1.29 is 14.3 Å². The number of carbonyl (C=O) groups is 1. The zero-order valence-corrected chi connectivity index (χ0v) is 16.2. The third-order valence-electron chi connectivity index (χ3n) is 3.89. The van der Waals surface area contributed by atoms with Gasteiger partial charge in [0.05, 0.1) is 6.04 Å². The van der Waals surface area contributed by atoms with Crippen LogP contribution in [0.4, 0.5) is 5.69 Å². The molecule has 3 rings (SSSR count). The Morgan fingerprint density at radius 1 is 1.37 bits per heavy atom. The van der Waals surface area contributed by atoms with Crippen molar-refractivity contribution in [3.8, 4) is 5.88 Å². The van der Waals surface area contributed by atoms with Gasteiger partial charge in [0.2, 0.25) is 5.88 Å². The van der Waals surface area contributed by atoms with Gasteiger partial charge in [-0.1, -0.05) is 23.7 Å². The highest BCUT2D eigenvalue weighted by Gasteiger charge is 2.25. The number of hydrogen-bond donors (Lipinski definition) is 1. The summed E-state index contributed by atoms with van der Waals surface area (Å²) in [4.78, 5) is 28.9. The smallest absolute Gasteiger partial charge is 0.326 e. The normalized spacial score (nSPS) is 16.1. The van der Waals surface area contributed by atoms with Crippen LogP contribution in [0.25, 0.3) is 0 Å². The van der Waals surface area contributed by atoms with Crippen LogP contribution < -0.4 is 15.6 Å². The fraction of sp³-hybridized carbons (Fsp3) is 0.421. The predicted molar refractivity (Wildman–Crippen MR) is 102 cm³/mol. The molecule has 1 N–H and O–H groups in total. The maximum atomic E-state index is 12.7. The zero-order chi connectivity index (χ0) is 19.6. The molecule has 0 unspecified atom stereocenters. The second-order valence-corrected chi connectivity index (χ2v) is 7.86. The van der Waals surface area contributed by atoms with Gasteiger partial charge in [-0.3, -0.25) is 14.2 Å². The number of aromatic nitrogens is 2. The zero-order valence-electron chi connectivity index (χ0n) is 15.5. The SMILES string of the molecule is CC(C)(C)OC(=O)Cn1cnc2c(c1=O)N[C@H](Cc1ccc(Cl)cc1)CO2. The molecule has 0 radical (unpaired) electrons. The number of ether oxygens (including phenoxy) is 2. The first kappa shape index (κ1) is 19.2. The number of rotatable bonds is 4. The third kappa shape index (κ3) is 5.01. The maximum Gasteiger partial charge on any atom is 0.326 e. The Bertz CT molecular complexity index is 887. The highest BCUT2D eigenvalue weighted by Crippen LogP contribution is 2.23. The predicted octanol–water partition coefficient (Wildman–Crippen LogP) is 2.65. The topological polar surface area (TPSA) is 82.5 Å². The van der Waals surface area contributed by atoms with E-state index in [9.17, 15) is 9.59 Å². The van der Waals surface area contributed by atoms with Gasteiger partial charge < -0.3 is 14.8 Å². The van der Waals surface area contributed by atoms with E-state index >= 15 is 0 Å². The van der Waals surface area contributed by atoms with E-state index < -0.39 is 11.6 Å². The van der Waals surface area contributed by atoms with Crippen LogP contribution in [-0.2, 0) is 22.5 Å². The highest BCUT2D eigenvalue weighted by molar-refractivity contribution is 6.30. The molecule has 1 aromatic carbocycles. The molecule has 1 aromatic heterocycles. The third-order valence-corrected chi connectivity index (χ3v) is 4.14. The molecule has 0 fully saturated rings. The molecule has 1 aliphatic heterocycles. The highest BCUT2D eigenvalue weighted by atomic mass is 35.5. The van der Waals surface area contributed by atoms with Gasteiger partial charge in [0.25, 0.3) is 5.56 Å². The van der Waals surface area contributed by atoms with Crippen LogP contribution in [0, 0.1) is 0 Å². The second-order valence-electron chi connectivity index (χ2n) is 7.43. The van der Waals surface area contributed by atoms with Crippen LogP contribution in [0.2, 0.25) is 5.02 Å². The van der Waals surface area contributed by atoms with Gasteiger partial charge in [0.1, 0.15) is 25.1 Å². The van der Waals surface area contributed by atoms with Crippen LogP contribution in [0.15, 0.2) is 35.4 Å². The van der Waals surface area contributed by atoms with Crippen molar-refractivity contribution in [3.63, 3.8) is 0 Å². The summed E-state index contributed by atoms with van der Waals surface area (Å²) >= 11 is 5.91. The molecule has 7 nitrogen and oxygen atoms in total. The molecule has 1 atom stereocenters. The number of nitrogens with one attached hydrogen (secondary N) is 1. The fourth-order valence-electron chi connectivity index (χ4n) is 2.77. The van der Waals surface area contributed by atoms with E-state index in [4.69, 9.17) is 21.1 Å². The molecule has 2 aromatic rings. The maximum absolute atomic E-state index is 12.7. The number of fused-ring (bicyclic) bond motifs is 1. The minimum Gasteiger partial charge on any atom is -0.474 e. The molecular formula is C19H22ClN3O4. The first-order valence-corrected chi connectivity index (χ1v) is 9.04. The van der Waals surface area contributed by atoms with Gasteiger partial charge in [-0.15, -0.1) is 0 Å². The summed E-state index contributed by atoms with van der Waals surface area (Å²) in [7, 11) is 0. The molecule has 0 saturated heterocycles. The van der Waals surface area contributed by atoms with Crippen molar-refractivity contribution in [1.29, 1.82) is 0 Å². The molecule has 0 amide bonds. The Morgan fingerprint density at radius 3 is 2.74 bits per heavy atom. The summed E-state index contributed by atoms with van der Waals surface area (Å²) in [5.41, 5.74) is 0.341. The number of halogens is 1. The lowest BCUT2D eigenvalue weighted by Gasteiger charge is -2.26. The van der Waals surface area contributed by atoms with Crippen LogP contribution in [0.5, 0.6) is 5.88 Å². The van der Waals surface area contributed by atoms with Gasteiger partial charge in [-0.25, -0.2) is 4.98 Å². The number of hydrogen-bond acceptors (Lipinski definition) is 6. The minimum atomic E-state index is -0.618. The average Bonchev–Trinajstić information content (AvgIpc) is 2.58. The summed E-state index contributed by atoms with van der Waals surface area (Å²) in [6, 6.07) is 7.42. The van der Waals surface area contributed by atoms with Crippen LogP contribution >= 0.6 is 11.6 Å². The first-order valence-electron chi connectivity index (χ1n) is 8.66. The van der Waals surface area contributed by atoms with E-state index in [0.29, 0.717) is 18.1 Å². The van der Waals surface area contributed by atoms with Crippen molar-refractivity contribution in [1.82, 2.24) is 9.55 Å². The lowest BCUT2D eigenvalue weighted by Crippen LogP contribution is -2.39. The number of carbonyl (C=O) groups excluding carboxylic acids is 1. The first-order chi connectivity index (χ1) is 12.7.